The van der Waals surface area contributed by atoms with Gasteiger partial charge < -0.3 is 23.3 Å². The van der Waals surface area contributed by atoms with Crippen LogP contribution in [0.1, 0.15) is 20.8 Å². The Morgan fingerprint density at radius 1 is 0.895 bits per heavy atom. The van der Waals surface area contributed by atoms with Gasteiger partial charge in [-0.3, -0.25) is 0 Å². The molecule has 5 nitrogen and oxygen atoms in total. The van der Waals surface area contributed by atoms with E-state index in [4.69, 9.17) is 23.3 Å². The largest absolute Gasteiger partial charge is 0.537 e. The summed E-state index contributed by atoms with van der Waals surface area (Å²) < 4.78 is 17.3. The molecular weight excluding hydrogens is 263 g/mol. The Morgan fingerprint density at radius 3 is 1.63 bits per heavy atom. The van der Waals surface area contributed by atoms with E-state index >= 15 is 0 Å². The minimum absolute atomic E-state index is 0.427. The first-order chi connectivity index (χ1) is 9.09. The summed E-state index contributed by atoms with van der Waals surface area (Å²) in [6.07, 6.45) is 0. The minimum Gasteiger partial charge on any atom is -0.423 e. The summed E-state index contributed by atoms with van der Waals surface area (Å²) in [5.41, 5.74) is 0.427. The van der Waals surface area contributed by atoms with Gasteiger partial charge in [0.25, 0.3) is 0 Å². The molecule has 0 aliphatic carbocycles. The van der Waals surface area contributed by atoms with Gasteiger partial charge in [0.15, 0.2) is 0 Å². The lowest BCUT2D eigenvalue weighted by atomic mass is 9.81. The Kier molecular flexibility index (Phi) is 6.70. The Balaban J connectivity index is 3.07. The van der Waals surface area contributed by atoms with E-state index < -0.39 is 15.9 Å². The van der Waals surface area contributed by atoms with Crippen LogP contribution in [0, 0.1) is 0 Å². The fourth-order valence-corrected chi connectivity index (χ4v) is 4.27. The highest BCUT2D eigenvalue weighted by Crippen LogP contribution is 2.10. The molecule has 0 atom stereocenters. The molecule has 0 aromatic heterocycles. The molecule has 0 bridgehead atoms. The van der Waals surface area contributed by atoms with E-state index in [0.717, 1.165) is 5.19 Å². The molecule has 0 amide bonds. The Labute approximate surface area is 115 Å². The van der Waals surface area contributed by atoms with Crippen molar-refractivity contribution in [1.29, 1.82) is 0 Å². The van der Waals surface area contributed by atoms with Gasteiger partial charge in [-0.25, -0.2) is 0 Å². The molecule has 2 N–H and O–H groups in total. The van der Waals surface area contributed by atoms with Crippen molar-refractivity contribution in [3.05, 3.63) is 24.3 Å². The first kappa shape index (κ1) is 16.4. The Morgan fingerprint density at radius 2 is 1.32 bits per heavy atom. The normalized spacial score (nSPS) is 11.6. The van der Waals surface area contributed by atoms with Crippen molar-refractivity contribution in [3.63, 3.8) is 0 Å². The van der Waals surface area contributed by atoms with Crippen molar-refractivity contribution in [3.8, 4) is 0 Å². The quantitative estimate of drug-likeness (QED) is 0.637. The molecule has 0 aliphatic rings. The van der Waals surface area contributed by atoms with Crippen LogP contribution in [0.4, 0.5) is 0 Å². The molecule has 106 valence electrons. The fourth-order valence-electron chi connectivity index (χ4n) is 1.80. The summed E-state index contributed by atoms with van der Waals surface area (Å²) >= 11 is 0. The number of benzene rings is 1. The maximum Gasteiger partial charge on any atom is 0.537 e. The molecule has 7 heteroatoms. The average molecular weight is 284 g/mol. The molecule has 0 spiro atoms. The molecule has 0 fully saturated rings. The fraction of sp³-hybridized carbons (Fsp3) is 0.500. The summed E-state index contributed by atoms with van der Waals surface area (Å²) in [6.45, 7) is 7.17. The van der Waals surface area contributed by atoms with Crippen LogP contribution >= 0.6 is 0 Å². The van der Waals surface area contributed by atoms with Crippen molar-refractivity contribution >= 4 is 26.6 Å². The van der Waals surface area contributed by atoms with Crippen LogP contribution in [-0.4, -0.2) is 45.8 Å². The van der Waals surface area contributed by atoms with Gasteiger partial charge in [-0.2, -0.15) is 0 Å². The summed E-state index contributed by atoms with van der Waals surface area (Å²) in [5.74, 6) is 0. The lowest BCUT2D eigenvalue weighted by Gasteiger charge is -2.28. The lowest BCUT2D eigenvalue weighted by molar-refractivity contribution is 0.0859. The van der Waals surface area contributed by atoms with Gasteiger partial charge in [0.05, 0.1) is 0 Å². The molecule has 1 rings (SSSR count). The predicted molar refractivity (Wildman–Crippen MR) is 76.5 cm³/mol. The summed E-state index contributed by atoms with van der Waals surface area (Å²) in [7, 11) is -4.37. The number of hydrogen-bond acceptors (Lipinski definition) is 5. The van der Waals surface area contributed by atoms with Crippen LogP contribution in [-0.2, 0) is 13.3 Å². The second-order valence-corrected chi connectivity index (χ2v) is 6.41. The third-order valence-electron chi connectivity index (χ3n) is 2.57. The maximum absolute atomic E-state index is 9.10. The van der Waals surface area contributed by atoms with E-state index in [1.807, 2.05) is 20.8 Å². The summed E-state index contributed by atoms with van der Waals surface area (Å²) in [5, 5.41) is 19.0. The topological polar surface area (TPSA) is 68.2 Å². The van der Waals surface area contributed by atoms with Crippen LogP contribution in [0.15, 0.2) is 24.3 Å². The predicted octanol–water partition coefficient (Wildman–Crippen LogP) is -0.378. The molecule has 19 heavy (non-hydrogen) atoms. The van der Waals surface area contributed by atoms with Crippen LogP contribution in [0.5, 0.6) is 0 Å². The molecule has 0 unspecified atom stereocenters. The van der Waals surface area contributed by atoms with E-state index in [2.05, 4.69) is 0 Å². The molecule has 0 aliphatic heterocycles. The summed E-state index contributed by atoms with van der Waals surface area (Å²) in [4.78, 5) is 0. The Bertz CT molecular complexity index is 354. The van der Waals surface area contributed by atoms with Gasteiger partial charge in [0, 0.05) is 25.0 Å². The standard InChI is InChI=1S/C12H21BO5Si/c1-4-16-19(17-5-2,18-6-3)12-9-7-11(8-10-12)13(14)15/h7-10,14-15H,4-6H2,1-3H3. The van der Waals surface area contributed by atoms with Crippen molar-refractivity contribution < 1.29 is 23.3 Å². The third-order valence-corrected chi connectivity index (χ3v) is 5.61. The van der Waals surface area contributed by atoms with Crippen molar-refractivity contribution in [2.75, 3.05) is 19.8 Å². The van der Waals surface area contributed by atoms with Crippen LogP contribution in [0.2, 0.25) is 0 Å². The highest BCUT2D eigenvalue weighted by atomic mass is 28.4. The van der Waals surface area contributed by atoms with E-state index in [1.165, 1.54) is 0 Å². The zero-order chi connectivity index (χ0) is 14.3. The van der Waals surface area contributed by atoms with E-state index in [0.29, 0.717) is 25.3 Å². The minimum atomic E-state index is -2.89. The van der Waals surface area contributed by atoms with E-state index in [-0.39, 0.29) is 0 Å². The average Bonchev–Trinajstić information content (AvgIpc) is 2.39. The highest BCUT2D eigenvalue weighted by molar-refractivity contribution is 6.75. The third kappa shape index (κ3) is 4.13. The smallest absolute Gasteiger partial charge is 0.423 e. The van der Waals surface area contributed by atoms with Gasteiger partial charge in [-0.15, -0.1) is 0 Å². The highest BCUT2D eigenvalue weighted by Gasteiger charge is 2.43. The van der Waals surface area contributed by atoms with Crippen molar-refractivity contribution in [2.45, 2.75) is 20.8 Å². The zero-order valence-electron chi connectivity index (χ0n) is 11.6. The molecule has 0 saturated carbocycles. The van der Waals surface area contributed by atoms with Crippen molar-refractivity contribution in [2.24, 2.45) is 0 Å². The first-order valence-electron chi connectivity index (χ1n) is 6.48. The lowest BCUT2D eigenvalue weighted by Crippen LogP contribution is -2.57. The molecule has 1 aromatic rings. The van der Waals surface area contributed by atoms with Crippen molar-refractivity contribution in [1.82, 2.24) is 0 Å². The number of rotatable bonds is 8. The van der Waals surface area contributed by atoms with E-state index in [9.17, 15) is 0 Å². The first-order valence-corrected chi connectivity index (χ1v) is 8.20. The summed E-state index contributed by atoms with van der Waals surface area (Å²) in [6, 6.07) is 6.81. The van der Waals surface area contributed by atoms with E-state index in [1.54, 1.807) is 24.3 Å². The van der Waals surface area contributed by atoms with Gasteiger partial charge in [-0.05, 0) is 26.2 Å². The zero-order valence-corrected chi connectivity index (χ0v) is 12.6. The molecule has 0 radical (unpaired) electrons. The Hall–Kier alpha value is -0.698. The number of hydrogen-bond donors (Lipinski definition) is 2. The second-order valence-electron chi connectivity index (χ2n) is 3.85. The monoisotopic (exact) mass is 284 g/mol. The van der Waals surface area contributed by atoms with Crippen LogP contribution in [0.25, 0.3) is 0 Å². The molecule has 0 heterocycles. The van der Waals surface area contributed by atoms with Crippen LogP contribution in [0.3, 0.4) is 0 Å². The van der Waals surface area contributed by atoms with Gasteiger partial charge in [-0.1, -0.05) is 24.3 Å². The molecule has 0 saturated heterocycles. The van der Waals surface area contributed by atoms with Gasteiger partial charge >= 0.3 is 15.9 Å². The van der Waals surface area contributed by atoms with Gasteiger partial charge in [0.2, 0.25) is 0 Å². The second kappa shape index (κ2) is 7.79. The molecular formula is C12H21BO5Si. The van der Waals surface area contributed by atoms with Gasteiger partial charge in [0.1, 0.15) is 0 Å². The molecule has 1 aromatic carbocycles. The SMILES string of the molecule is CCO[Si](OCC)(OCC)c1ccc(B(O)O)cc1. The maximum atomic E-state index is 9.10. The van der Waals surface area contributed by atoms with Crippen LogP contribution < -0.4 is 10.6 Å².